The molecule has 4 heteroatoms. The lowest BCUT2D eigenvalue weighted by Crippen LogP contribution is -2.42. The fraction of sp³-hybridized carbons (Fsp3) is 0.647. The van der Waals surface area contributed by atoms with E-state index in [0.29, 0.717) is 17.7 Å². The average molecular weight is 311 g/mol. The molecule has 0 bridgehead atoms. The summed E-state index contributed by atoms with van der Waals surface area (Å²) in [6.07, 6.45) is 2.62. The lowest BCUT2D eigenvalue weighted by molar-refractivity contribution is 0.144. The number of rotatable bonds is 7. The Labute approximate surface area is 133 Å². The van der Waals surface area contributed by atoms with E-state index in [4.69, 9.17) is 16.3 Å². The number of likely N-dealkylation sites (tertiary alicyclic amines) is 1. The zero-order chi connectivity index (χ0) is 15.1. The van der Waals surface area contributed by atoms with Crippen LogP contribution in [0, 0.1) is 5.92 Å². The molecule has 3 nitrogen and oxygen atoms in total. The maximum Gasteiger partial charge on any atom is 0.137 e. The van der Waals surface area contributed by atoms with Crippen molar-refractivity contribution >= 4 is 11.6 Å². The van der Waals surface area contributed by atoms with Crippen LogP contribution < -0.4 is 10.1 Å². The summed E-state index contributed by atoms with van der Waals surface area (Å²) in [6, 6.07) is 8.24. The Morgan fingerprint density at radius 2 is 2.19 bits per heavy atom. The molecule has 0 aromatic heterocycles. The van der Waals surface area contributed by atoms with E-state index >= 15 is 0 Å². The van der Waals surface area contributed by atoms with Crippen molar-refractivity contribution in [3.8, 4) is 5.75 Å². The Morgan fingerprint density at radius 3 is 2.95 bits per heavy atom. The molecule has 1 unspecified atom stereocenters. The number of nitrogens with zero attached hydrogens (tertiary/aromatic N) is 1. The van der Waals surface area contributed by atoms with E-state index in [0.717, 1.165) is 24.8 Å². The summed E-state index contributed by atoms with van der Waals surface area (Å²) in [4.78, 5) is 2.51. The Hall–Kier alpha value is -0.770. The van der Waals surface area contributed by atoms with Crippen molar-refractivity contribution in [2.45, 2.75) is 32.7 Å². The molecular weight excluding hydrogens is 284 g/mol. The Bertz CT molecular complexity index is 425. The number of para-hydroxylation sites is 1. The number of hydrogen-bond donors (Lipinski definition) is 1. The Kier molecular flexibility index (Phi) is 6.81. The van der Waals surface area contributed by atoms with Gasteiger partial charge in [0, 0.05) is 19.1 Å². The zero-order valence-corrected chi connectivity index (χ0v) is 13.9. The normalized spacial score (nSPS) is 19.9. The highest BCUT2D eigenvalue weighted by Gasteiger charge is 2.19. The van der Waals surface area contributed by atoms with Crippen LogP contribution in [-0.2, 0) is 0 Å². The minimum Gasteiger partial charge on any atom is -0.491 e. The first-order valence-corrected chi connectivity index (χ1v) is 8.36. The van der Waals surface area contributed by atoms with E-state index in [1.54, 1.807) is 0 Å². The van der Waals surface area contributed by atoms with Crippen LogP contribution in [0.4, 0.5) is 0 Å². The van der Waals surface area contributed by atoms with E-state index < -0.39 is 0 Å². The van der Waals surface area contributed by atoms with Crippen molar-refractivity contribution in [1.82, 2.24) is 10.2 Å². The van der Waals surface area contributed by atoms with Gasteiger partial charge in [0.2, 0.25) is 0 Å². The first kappa shape index (κ1) is 16.6. The van der Waals surface area contributed by atoms with Crippen molar-refractivity contribution in [2.24, 2.45) is 5.92 Å². The van der Waals surface area contributed by atoms with Crippen LogP contribution in [0.25, 0.3) is 0 Å². The molecule has 1 aliphatic heterocycles. The van der Waals surface area contributed by atoms with E-state index in [2.05, 4.69) is 24.1 Å². The Morgan fingerprint density at radius 1 is 1.38 bits per heavy atom. The molecule has 2 rings (SSSR count). The molecule has 1 aromatic carbocycles. The molecule has 0 radical (unpaired) electrons. The molecule has 1 N–H and O–H groups in total. The van der Waals surface area contributed by atoms with Gasteiger partial charge in [-0.05, 0) is 44.0 Å². The van der Waals surface area contributed by atoms with E-state index in [-0.39, 0.29) is 0 Å². The molecule has 0 amide bonds. The van der Waals surface area contributed by atoms with Crippen LogP contribution in [0.2, 0.25) is 5.02 Å². The van der Waals surface area contributed by atoms with Crippen LogP contribution in [0.1, 0.15) is 26.7 Å². The quantitative estimate of drug-likeness (QED) is 0.835. The van der Waals surface area contributed by atoms with E-state index in [1.165, 1.54) is 25.9 Å². The molecule has 118 valence electrons. The fourth-order valence-corrected chi connectivity index (χ4v) is 2.96. The summed E-state index contributed by atoms with van der Waals surface area (Å²) in [5, 5.41) is 4.24. The van der Waals surface area contributed by atoms with Crippen LogP contribution in [0.5, 0.6) is 5.75 Å². The SMILES string of the molecule is CC(C)NCC1CCCN(CCOc2ccccc2Cl)C1. The maximum atomic E-state index is 6.09. The highest BCUT2D eigenvalue weighted by Crippen LogP contribution is 2.23. The van der Waals surface area contributed by atoms with Crippen molar-refractivity contribution in [1.29, 1.82) is 0 Å². The molecule has 1 fully saturated rings. The van der Waals surface area contributed by atoms with Gasteiger partial charge in [0.25, 0.3) is 0 Å². The number of hydrogen-bond acceptors (Lipinski definition) is 3. The standard InChI is InChI=1S/C17H27ClN2O/c1-14(2)19-12-15-6-5-9-20(13-15)10-11-21-17-8-4-3-7-16(17)18/h3-4,7-8,14-15,19H,5-6,9-13H2,1-2H3. The zero-order valence-electron chi connectivity index (χ0n) is 13.1. The minimum absolute atomic E-state index is 0.573. The third kappa shape index (κ3) is 5.85. The lowest BCUT2D eigenvalue weighted by atomic mass is 9.98. The Balaban J connectivity index is 1.69. The largest absolute Gasteiger partial charge is 0.491 e. The topological polar surface area (TPSA) is 24.5 Å². The molecule has 0 spiro atoms. The lowest BCUT2D eigenvalue weighted by Gasteiger charge is -2.33. The molecule has 0 saturated carbocycles. The van der Waals surface area contributed by atoms with Gasteiger partial charge in [-0.25, -0.2) is 0 Å². The second-order valence-corrected chi connectivity index (χ2v) is 6.56. The van der Waals surface area contributed by atoms with Gasteiger partial charge in [0.15, 0.2) is 0 Å². The maximum absolute atomic E-state index is 6.09. The monoisotopic (exact) mass is 310 g/mol. The molecule has 1 saturated heterocycles. The first-order chi connectivity index (χ1) is 10.1. The number of nitrogens with one attached hydrogen (secondary N) is 1. The molecule has 0 aliphatic carbocycles. The number of ether oxygens (including phenoxy) is 1. The smallest absolute Gasteiger partial charge is 0.137 e. The van der Waals surface area contributed by atoms with Gasteiger partial charge in [-0.1, -0.05) is 37.6 Å². The predicted octanol–water partition coefficient (Wildman–Crippen LogP) is 3.43. The first-order valence-electron chi connectivity index (χ1n) is 7.98. The van der Waals surface area contributed by atoms with Crippen LogP contribution in [0.3, 0.4) is 0 Å². The summed E-state index contributed by atoms with van der Waals surface area (Å²) < 4.78 is 5.78. The molecule has 1 aromatic rings. The minimum atomic E-state index is 0.573. The van der Waals surface area contributed by atoms with Crippen molar-refractivity contribution in [3.05, 3.63) is 29.3 Å². The highest BCUT2D eigenvalue weighted by atomic mass is 35.5. The summed E-state index contributed by atoms with van der Waals surface area (Å²) in [5.41, 5.74) is 0. The highest BCUT2D eigenvalue weighted by molar-refractivity contribution is 6.32. The number of halogens is 1. The molecule has 1 aliphatic rings. The molecule has 1 atom stereocenters. The number of benzene rings is 1. The van der Waals surface area contributed by atoms with Gasteiger partial charge in [-0.3, -0.25) is 4.90 Å². The fourth-order valence-electron chi connectivity index (χ4n) is 2.77. The number of piperidine rings is 1. The summed E-state index contributed by atoms with van der Waals surface area (Å²) >= 11 is 6.09. The third-order valence-corrected chi connectivity index (χ3v) is 4.23. The van der Waals surface area contributed by atoms with Crippen LogP contribution in [-0.4, -0.2) is 43.7 Å². The second-order valence-electron chi connectivity index (χ2n) is 6.15. The van der Waals surface area contributed by atoms with Gasteiger partial charge < -0.3 is 10.1 Å². The van der Waals surface area contributed by atoms with Crippen molar-refractivity contribution < 1.29 is 4.74 Å². The molecule has 1 heterocycles. The molecular formula is C17H27ClN2O. The third-order valence-electron chi connectivity index (χ3n) is 3.92. The van der Waals surface area contributed by atoms with Crippen LogP contribution >= 0.6 is 11.6 Å². The van der Waals surface area contributed by atoms with Gasteiger partial charge in [-0.15, -0.1) is 0 Å². The summed E-state index contributed by atoms with van der Waals surface area (Å²) in [7, 11) is 0. The van der Waals surface area contributed by atoms with Gasteiger partial charge >= 0.3 is 0 Å². The average Bonchev–Trinajstić information content (AvgIpc) is 2.48. The second kappa shape index (κ2) is 8.62. The van der Waals surface area contributed by atoms with Crippen LogP contribution in [0.15, 0.2) is 24.3 Å². The van der Waals surface area contributed by atoms with Gasteiger partial charge in [0.1, 0.15) is 12.4 Å². The van der Waals surface area contributed by atoms with E-state index in [9.17, 15) is 0 Å². The van der Waals surface area contributed by atoms with E-state index in [1.807, 2.05) is 24.3 Å². The molecule has 21 heavy (non-hydrogen) atoms. The van der Waals surface area contributed by atoms with Crippen molar-refractivity contribution in [3.63, 3.8) is 0 Å². The van der Waals surface area contributed by atoms with Crippen molar-refractivity contribution in [2.75, 3.05) is 32.8 Å². The van der Waals surface area contributed by atoms with Gasteiger partial charge in [-0.2, -0.15) is 0 Å². The predicted molar refractivity (Wildman–Crippen MR) is 89.2 cm³/mol. The van der Waals surface area contributed by atoms with Gasteiger partial charge in [0.05, 0.1) is 5.02 Å². The summed E-state index contributed by atoms with van der Waals surface area (Å²) in [6.45, 7) is 9.57. The summed E-state index contributed by atoms with van der Waals surface area (Å²) in [5.74, 6) is 1.55.